The van der Waals surface area contributed by atoms with Gasteiger partial charge in [0, 0.05) is 50.5 Å². The fraction of sp³-hybridized carbons (Fsp3) is 0.348. The molecule has 32 heavy (non-hydrogen) atoms. The molecule has 8 nitrogen and oxygen atoms in total. The van der Waals surface area contributed by atoms with E-state index in [1.165, 1.54) is 0 Å². The van der Waals surface area contributed by atoms with Crippen molar-refractivity contribution in [1.82, 2.24) is 10.2 Å². The number of piperazine rings is 1. The van der Waals surface area contributed by atoms with Crippen LogP contribution >= 0.6 is 11.6 Å². The maximum Gasteiger partial charge on any atom is 0.319 e. The Morgan fingerprint density at radius 3 is 2.38 bits per heavy atom. The fourth-order valence-electron chi connectivity index (χ4n) is 3.99. The maximum atomic E-state index is 12.5. The Balaban J connectivity index is 1.26. The zero-order valence-electron chi connectivity index (χ0n) is 17.7. The van der Waals surface area contributed by atoms with E-state index in [0.717, 1.165) is 25.2 Å². The Morgan fingerprint density at radius 1 is 0.938 bits per heavy atom. The molecule has 2 aromatic rings. The van der Waals surface area contributed by atoms with Crippen molar-refractivity contribution in [2.24, 2.45) is 0 Å². The average molecular weight is 456 g/mol. The summed E-state index contributed by atoms with van der Waals surface area (Å²) in [5.74, 6) is -0.0731. The number of hydrogen-bond donors (Lipinski definition) is 2. The van der Waals surface area contributed by atoms with Crippen LogP contribution in [0.1, 0.15) is 12.8 Å². The molecular formula is C23H26ClN5O3. The zero-order valence-corrected chi connectivity index (χ0v) is 18.5. The second-order valence-electron chi connectivity index (χ2n) is 7.82. The van der Waals surface area contributed by atoms with Crippen molar-refractivity contribution in [2.45, 2.75) is 12.8 Å². The van der Waals surface area contributed by atoms with Crippen LogP contribution in [-0.2, 0) is 9.59 Å². The van der Waals surface area contributed by atoms with Gasteiger partial charge >= 0.3 is 6.03 Å². The van der Waals surface area contributed by atoms with E-state index < -0.39 is 6.03 Å². The number of hydrogen-bond acceptors (Lipinski definition) is 4. The first-order valence-corrected chi connectivity index (χ1v) is 11.1. The number of amides is 4. The molecule has 4 rings (SSSR count). The fourth-order valence-corrected chi connectivity index (χ4v) is 4.15. The second kappa shape index (κ2) is 9.91. The zero-order chi connectivity index (χ0) is 22.5. The molecule has 2 saturated heterocycles. The summed E-state index contributed by atoms with van der Waals surface area (Å²) >= 11 is 6.21. The van der Waals surface area contributed by atoms with Crippen LogP contribution in [0, 0.1) is 0 Å². The van der Waals surface area contributed by atoms with Gasteiger partial charge in [0.15, 0.2) is 0 Å². The molecule has 0 bridgehead atoms. The lowest BCUT2D eigenvalue weighted by Crippen LogP contribution is -2.51. The molecular weight excluding hydrogens is 430 g/mol. The van der Waals surface area contributed by atoms with Crippen molar-refractivity contribution in [3.05, 3.63) is 53.6 Å². The van der Waals surface area contributed by atoms with Gasteiger partial charge in [-0.15, -0.1) is 0 Å². The minimum atomic E-state index is -0.520. The number of anilines is 3. The van der Waals surface area contributed by atoms with Gasteiger partial charge in [-0.1, -0.05) is 29.8 Å². The number of nitrogens with one attached hydrogen (secondary N) is 2. The molecule has 0 aliphatic carbocycles. The van der Waals surface area contributed by atoms with E-state index in [1.807, 2.05) is 18.2 Å². The van der Waals surface area contributed by atoms with Crippen molar-refractivity contribution in [2.75, 3.05) is 54.4 Å². The standard InChI is InChI=1S/C23H26ClN5O3/c24-19-9-8-18(29-10-4-7-21(29)30)15-20(19)26-23(32)25-16-22(31)28-13-11-27(12-14-28)17-5-2-1-3-6-17/h1-3,5-6,8-9,15H,4,7,10-14,16H2,(H2,25,26,32). The molecule has 9 heteroatoms. The number of rotatable bonds is 5. The van der Waals surface area contributed by atoms with E-state index in [1.54, 1.807) is 28.0 Å². The van der Waals surface area contributed by atoms with Crippen molar-refractivity contribution < 1.29 is 14.4 Å². The predicted octanol–water partition coefficient (Wildman–Crippen LogP) is 2.94. The minimum Gasteiger partial charge on any atom is -0.368 e. The summed E-state index contributed by atoms with van der Waals surface area (Å²) in [4.78, 5) is 42.5. The number of carbonyl (C=O) groups is 3. The maximum absolute atomic E-state index is 12.5. The molecule has 0 saturated carbocycles. The number of nitrogens with zero attached hydrogens (tertiary/aromatic N) is 3. The Labute approximate surface area is 192 Å². The van der Waals surface area contributed by atoms with Crippen LogP contribution in [-0.4, -0.2) is 62.0 Å². The molecule has 2 aliphatic rings. The third-order valence-electron chi connectivity index (χ3n) is 5.74. The van der Waals surface area contributed by atoms with E-state index in [2.05, 4.69) is 27.7 Å². The van der Waals surface area contributed by atoms with Crippen LogP contribution in [0.3, 0.4) is 0 Å². The van der Waals surface area contributed by atoms with Gasteiger partial charge in [0.25, 0.3) is 0 Å². The lowest BCUT2D eigenvalue weighted by atomic mass is 10.2. The summed E-state index contributed by atoms with van der Waals surface area (Å²) in [7, 11) is 0. The monoisotopic (exact) mass is 455 g/mol. The number of para-hydroxylation sites is 1. The van der Waals surface area contributed by atoms with Gasteiger partial charge in [-0.25, -0.2) is 4.79 Å². The van der Waals surface area contributed by atoms with Gasteiger partial charge in [0.1, 0.15) is 0 Å². The van der Waals surface area contributed by atoms with Crippen LogP contribution in [0.5, 0.6) is 0 Å². The predicted molar refractivity (Wildman–Crippen MR) is 125 cm³/mol. The summed E-state index contributed by atoms with van der Waals surface area (Å²) in [6.45, 7) is 3.26. The molecule has 0 atom stereocenters. The Morgan fingerprint density at radius 2 is 1.69 bits per heavy atom. The van der Waals surface area contributed by atoms with Crippen molar-refractivity contribution in [3.8, 4) is 0 Å². The third kappa shape index (κ3) is 5.13. The van der Waals surface area contributed by atoms with Crippen LogP contribution in [0.4, 0.5) is 21.9 Å². The highest BCUT2D eigenvalue weighted by Gasteiger charge is 2.23. The molecule has 168 valence electrons. The van der Waals surface area contributed by atoms with Crippen molar-refractivity contribution >= 4 is 46.5 Å². The largest absolute Gasteiger partial charge is 0.368 e. The molecule has 2 aromatic carbocycles. The van der Waals surface area contributed by atoms with E-state index in [0.29, 0.717) is 42.5 Å². The molecule has 0 spiro atoms. The van der Waals surface area contributed by atoms with Gasteiger partial charge in [-0.2, -0.15) is 0 Å². The quantitative estimate of drug-likeness (QED) is 0.726. The van der Waals surface area contributed by atoms with Crippen molar-refractivity contribution in [3.63, 3.8) is 0 Å². The first-order valence-electron chi connectivity index (χ1n) is 10.7. The summed E-state index contributed by atoms with van der Waals surface area (Å²) in [5, 5.41) is 5.64. The molecule has 0 aromatic heterocycles. The average Bonchev–Trinajstić information content (AvgIpc) is 3.25. The van der Waals surface area contributed by atoms with Crippen LogP contribution < -0.4 is 20.4 Å². The Bertz CT molecular complexity index is 992. The van der Waals surface area contributed by atoms with Crippen LogP contribution in [0.15, 0.2) is 48.5 Å². The SMILES string of the molecule is O=C(NCC(=O)N1CCN(c2ccccc2)CC1)Nc1cc(N2CCCC2=O)ccc1Cl. The highest BCUT2D eigenvalue weighted by atomic mass is 35.5. The van der Waals surface area contributed by atoms with Gasteiger partial charge in [-0.3, -0.25) is 9.59 Å². The minimum absolute atomic E-state index is 0.0562. The number of carbonyl (C=O) groups excluding carboxylic acids is 3. The number of halogens is 1. The van der Waals surface area contributed by atoms with E-state index in [9.17, 15) is 14.4 Å². The topological polar surface area (TPSA) is 85.0 Å². The normalized spacial score (nSPS) is 16.3. The molecule has 2 fully saturated rings. The van der Waals surface area contributed by atoms with E-state index >= 15 is 0 Å². The van der Waals surface area contributed by atoms with Crippen LogP contribution in [0.25, 0.3) is 0 Å². The van der Waals surface area contributed by atoms with Gasteiger partial charge in [-0.05, 0) is 36.8 Å². The molecule has 4 amide bonds. The first kappa shape index (κ1) is 22.0. The van der Waals surface area contributed by atoms with Gasteiger partial charge < -0.3 is 25.3 Å². The first-order chi connectivity index (χ1) is 15.5. The highest BCUT2D eigenvalue weighted by molar-refractivity contribution is 6.33. The molecule has 2 heterocycles. The summed E-state index contributed by atoms with van der Waals surface area (Å²) in [6, 6.07) is 14.7. The molecule has 0 radical (unpaired) electrons. The summed E-state index contributed by atoms with van der Waals surface area (Å²) < 4.78 is 0. The summed E-state index contributed by atoms with van der Waals surface area (Å²) in [6.07, 6.45) is 1.33. The Kier molecular flexibility index (Phi) is 6.80. The third-order valence-corrected chi connectivity index (χ3v) is 6.07. The second-order valence-corrected chi connectivity index (χ2v) is 8.23. The van der Waals surface area contributed by atoms with Gasteiger partial charge in [0.2, 0.25) is 11.8 Å². The van der Waals surface area contributed by atoms with Crippen molar-refractivity contribution in [1.29, 1.82) is 0 Å². The highest BCUT2D eigenvalue weighted by Crippen LogP contribution is 2.29. The lowest BCUT2D eigenvalue weighted by molar-refractivity contribution is -0.130. The molecule has 0 unspecified atom stereocenters. The molecule has 2 aliphatic heterocycles. The Hall–Kier alpha value is -3.26. The van der Waals surface area contributed by atoms with Crippen LogP contribution in [0.2, 0.25) is 5.02 Å². The number of benzene rings is 2. The number of urea groups is 1. The summed E-state index contributed by atoms with van der Waals surface area (Å²) in [5.41, 5.74) is 2.23. The lowest BCUT2D eigenvalue weighted by Gasteiger charge is -2.36. The van der Waals surface area contributed by atoms with E-state index in [-0.39, 0.29) is 18.4 Å². The smallest absolute Gasteiger partial charge is 0.319 e. The van der Waals surface area contributed by atoms with E-state index in [4.69, 9.17) is 11.6 Å². The molecule has 2 N–H and O–H groups in total. The van der Waals surface area contributed by atoms with Gasteiger partial charge in [0.05, 0.1) is 17.3 Å².